The largest absolute Gasteiger partial charge is 0.511 e. The molecule has 45 heavy (non-hydrogen) atoms. The van der Waals surface area contributed by atoms with Gasteiger partial charge in [-0.15, -0.1) is 0 Å². The number of anilines is 1. The van der Waals surface area contributed by atoms with Crippen LogP contribution in [0.25, 0.3) is 0 Å². The van der Waals surface area contributed by atoms with Gasteiger partial charge in [0, 0.05) is 23.1 Å². The second-order valence-electron chi connectivity index (χ2n) is 13.0. The quantitative estimate of drug-likeness (QED) is 0.270. The molecular formula is C34H36N2O9. The third-order valence-corrected chi connectivity index (χ3v) is 10.6. The van der Waals surface area contributed by atoms with E-state index in [0.717, 1.165) is 18.4 Å². The molecule has 2 fully saturated rings. The average molecular weight is 617 g/mol. The second-order valence-corrected chi connectivity index (χ2v) is 13.0. The first-order valence-electron chi connectivity index (χ1n) is 15.2. The number of aromatic nitrogens is 1. The van der Waals surface area contributed by atoms with Crippen molar-refractivity contribution in [2.75, 3.05) is 12.3 Å². The molecule has 7 N–H and O–H groups in total. The van der Waals surface area contributed by atoms with Crippen molar-refractivity contribution < 1.29 is 44.6 Å². The van der Waals surface area contributed by atoms with E-state index < -0.39 is 65.3 Å². The predicted molar refractivity (Wildman–Crippen MR) is 160 cm³/mol. The molecule has 1 saturated carbocycles. The molecule has 2 aromatic rings. The van der Waals surface area contributed by atoms with Gasteiger partial charge >= 0.3 is 0 Å². The highest BCUT2D eigenvalue weighted by atomic mass is 16.7. The van der Waals surface area contributed by atoms with Crippen LogP contribution in [0.2, 0.25) is 0 Å². The van der Waals surface area contributed by atoms with E-state index in [1.54, 1.807) is 31.3 Å². The van der Waals surface area contributed by atoms with Crippen molar-refractivity contribution in [3.8, 4) is 5.75 Å². The van der Waals surface area contributed by atoms with E-state index in [0.29, 0.717) is 24.2 Å². The Labute approximate surface area is 259 Å². The second kappa shape index (κ2) is 10.3. The lowest BCUT2D eigenvalue weighted by Gasteiger charge is -2.60. The van der Waals surface area contributed by atoms with E-state index in [-0.39, 0.29) is 28.4 Å². The third-order valence-electron chi connectivity index (χ3n) is 10.6. The van der Waals surface area contributed by atoms with Crippen LogP contribution in [0.1, 0.15) is 58.9 Å². The highest BCUT2D eigenvalue weighted by molar-refractivity contribution is 6.19. The third kappa shape index (κ3) is 4.11. The van der Waals surface area contributed by atoms with E-state index in [4.69, 9.17) is 15.2 Å². The van der Waals surface area contributed by atoms with E-state index in [2.05, 4.69) is 4.98 Å². The van der Waals surface area contributed by atoms with Gasteiger partial charge in [-0.05, 0) is 49.6 Å². The molecule has 11 nitrogen and oxygen atoms in total. The fourth-order valence-corrected chi connectivity index (χ4v) is 8.46. The maximum Gasteiger partial charge on any atom is 0.230 e. The van der Waals surface area contributed by atoms with E-state index in [9.17, 15) is 35.1 Å². The van der Waals surface area contributed by atoms with Gasteiger partial charge in [-0.25, -0.2) is 4.98 Å². The molecule has 0 amide bonds. The number of Topliss-reactive ketones (excluding diaryl/α,β-unsaturated/α-hetero) is 2. The van der Waals surface area contributed by atoms with Crippen LogP contribution in [0.4, 0.5) is 5.82 Å². The van der Waals surface area contributed by atoms with Gasteiger partial charge in [0.1, 0.15) is 40.7 Å². The predicted octanol–water partition coefficient (Wildman–Crippen LogP) is 2.29. The molecule has 236 valence electrons. The molecule has 5 aliphatic rings. The van der Waals surface area contributed by atoms with Crippen LogP contribution in [0.3, 0.4) is 0 Å². The van der Waals surface area contributed by atoms with E-state index >= 15 is 0 Å². The van der Waals surface area contributed by atoms with E-state index in [1.165, 1.54) is 30.4 Å². The number of nitrogens with two attached hydrogens (primary N) is 1. The maximum atomic E-state index is 13.8. The molecule has 1 saturated heterocycles. The molecule has 2 heterocycles. The number of aliphatic hydroxyl groups is 5. The molecule has 0 unspecified atom stereocenters. The molecular weight excluding hydrogens is 580 g/mol. The van der Waals surface area contributed by atoms with Crippen molar-refractivity contribution >= 4 is 17.4 Å². The minimum absolute atomic E-state index is 0.0830. The standard InChI is InChI=1S/C34H36N2O9/c1-17-13-20-25(21(38)14-17)28(40)26-19(27(20)39)5-4-6-22(26)44-30-29(41)34(43)23(7-11-33(16-37,45-30)31(34)42)32(9-2-3-10-32)18-8-12-36-24(35)15-18/h4-8,11-15,20,23,25,29-31,37-38,41-43H,2-3,9-10,16H2,1H3,(H2,35,36)/t20-,23-,25-,29-,30+,31+,33+,34+/m0/s1. The summed E-state index contributed by atoms with van der Waals surface area (Å²) in [6.45, 7) is 0.981. The molecule has 4 aliphatic carbocycles. The van der Waals surface area contributed by atoms with Crippen LogP contribution in [0, 0.1) is 17.8 Å². The Kier molecular flexibility index (Phi) is 6.84. The lowest BCUT2D eigenvalue weighted by molar-refractivity contribution is -0.354. The van der Waals surface area contributed by atoms with Gasteiger partial charge < -0.3 is 40.7 Å². The summed E-state index contributed by atoms with van der Waals surface area (Å²) in [7, 11) is 0. The molecule has 2 bridgehead atoms. The van der Waals surface area contributed by atoms with Crippen molar-refractivity contribution in [1.29, 1.82) is 0 Å². The van der Waals surface area contributed by atoms with Crippen molar-refractivity contribution in [2.45, 2.75) is 67.7 Å². The lowest BCUT2D eigenvalue weighted by Crippen LogP contribution is -2.78. The van der Waals surface area contributed by atoms with Crippen molar-refractivity contribution in [2.24, 2.45) is 17.8 Å². The smallest absolute Gasteiger partial charge is 0.230 e. The SMILES string of the molecule is CC1=C[C@@H]2C(=O)c3cccc(O[C@@H]4O[C@@]5(CO)C=C[C@@H](C6(c7ccnc(N)c7)CCCC6)[C@@](O)([C@H]4O)[C@@H]5O)c3C(=O)[C@@H]2C(O)=C1. The highest BCUT2D eigenvalue weighted by Crippen LogP contribution is 2.57. The topological polar surface area (TPSA) is 193 Å². The molecule has 1 aliphatic heterocycles. The van der Waals surface area contributed by atoms with Gasteiger partial charge in [0.25, 0.3) is 0 Å². The Bertz CT molecular complexity index is 1680. The maximum absolute atomic E-state index is 13.8. The molecule has 0 radical (unpaired) electrons. The van der Waals surface area contributed by atoms with Crippen LogP contribution in [-0.4, -0.2) is 78.4 Å². The fourth-order valence-electron chi connectivity index (χ4n) is 8.46. The van der Waals surface area contributed by atoms with Gasteiger partial charge in [0.05, 0.1) is 24.0 Å². The van der Waals surface area contributed by atoms with E-state index in [1.807, 2.05) is 6.07 Å². The number of ketones is 2. The van der Waals surface area contributed by atoms with Crippen molar-refractivity contribution in [3.05, 3.63) is 88.9 Å². The Morgan fingerprint density at radius 3 is 2.60 bits per heavy atom. The number of rotatable bonds is 5. The highest BCUT2D eigenvalue weighted by Gasteiger charge is 2.69. The summed E-state index contributed by atoms with van der Waals surface area (Å²) in [4.78, 5) is 31.5. The lowest BCUT2D eigenvalue weighted by atomic mass is 9.55. The first-order valence-corrected chi connectivity index (χ1v) is 15.2. The number of pyridine rings is 1. The van der Waals surface area contributed by atoms with Crippen LogP contribution < -0.4 is 10.5 Å². The molecule has 1 aromatic heterocycles. The van der Waals surface area contributed by atoms with Crippen LogP contribution in [0.5, 0.6) is 5.75 Å². The van der Waals surface area contributed by atoms with Crippen molar-refractivity contribution in [1.82, 2.24) is 4.98 Å². The monoisotopic (exact) mass is 616 g/mol. The Morgan fingerprint density at radius 2 is 1.89 bits per heavy atom. The van der Waals surface area contributed by atoms with Gasteiger partial charge in [-0.1, -0.05) is 48.8 Å². The molecule has 8 atom stereocenters. The number of fused-ring (bicyclic) bond motifs is 4. The number of ether oxygens (including phenoxy) is 2. The zero-order chi connectivity index (χ0) is 31.9. The summed E-state index contributed by atoms with van der Waals surface area (Å²) in [5, 5.41) is 57.3. The number of carbonyl (C=O) groups excluding carboxylic acids is 2. The van der Waals surface area contributed by atoms with Crippen LogP contribution in [-0.2, 0) is 10.2 Å². The number of benzene rings is 1. The van der Waals surface area contributed by atoms with Gasteiger partial charge in [-0.3, -0.25) is 9.59 Å². The molecule has 0 spiro atoms. The van der Waals surface area contributed by atoms with Gasteiger partial charge in [0.2, 0.25) is 6.29 Å². The number of nitrogen functional groups attached to an aromatic ring is 1. The van der Waals surface area contributed by atoms with Gasteiger partial charge in [-0.2, -0.15) is 0 Å². The normalized spacial score (nSPS) is 36.6. The fraction of sp³-hybridized carbons (Fsp3) is 0.441. The van der Waals surface area contributed by atoms with Gasteiger partial charge in [0.15, 0.2) is 11.6 Å². The summed E-state index contributed by atoms with van der Waals surface area (Å²) < 4.78 is 12.2. The summed E-state index contributed by atoms with van der Waals surface area (Å²) in [5.74, 6) is -3.81. The number of carbonyl (C=O) groups is 2. The summed E-state index contributed by atoms with van der Waals surface area (Å²) >= 11 is 0. The zero-order valence-electron chi connectivity index (χ0n) is 24.7. The number of hydrogen-bond acceptors (Lipinski definition) is 11. The Hall–Kier alpha value is -3.87. The van der Waals surface area contributed by atoms with Crippen LogP contribution in [0.15, 0.2) is 72.2 Å². The van der Waals surface area contributed by atoms with Crippen LogP contribution >= 0.6 is 0 Å². The van der Waals surface area contributed by atoms with Crippen molar-refractivity contribution in [3.63, 3.8) is 0 Å². The minimum Gasteiger partial charge on any atom is -0.511 e. The first-order chi connectivity index (χ1) is 21.5. The molecule has 11 heteroatoms. The summed E-state index contributed by atoms with van der Waals surface area (Å²) in [5.41, 5.74) is 2.65. The zero-order valence-corrected chi connectivity index (χ0v) is 24.7. The first kappa shape index (κ1) is 29.8. The minimum atomic E-state index is -2.28. The number of aliphatic hydroxyl groups excluding tert-OH is 4. The number of hydrogen-bond donors (Lipinski definition) is 6. The molecule has 7 rings (SSSR count). The Balaban J connectivity index is 1.31. The Morgan fingerprint density at radius 1 is 1.13 bits per heavy atom. The average Bonchev–Trinajstić information content (AvgIpc) is 3.51. The number of allylic oxidation sites excluding steroid dienone is 4. The summed E-state index contributed by atoms with van der Waals surface area (Å²) in [6, 6.07) is 8.02. The summed E-state index contributed by atoms with van der Waals surface area (Å²) in [6.07, 6.45) is 5.48. The molecule has 1 aromatic carbocycles. The number of nitrogens with zero attached hydrogens (tertiary/aromatic N) is 1.